The van der Waals surface area contributed by atoms with E-state index in [1.165, 1.54) is 12.1 Å². The molecule has 0 fully saturated rings. The molecule has 4 N–H and O–H groups in total. The van der Waals surface area contributed by atoms with E-state index < -0.39 is 54.8 Å². The highest BCUT2D eigenvalue weighted by molar-refractivity contribution is 6.15. The molecule has 0 aliphatic rings. The van der Waals surface area contributed by atoms with Crippen LogP contribution in [0.4, 0.5) is 10.5 Å². The smallest absolute Gasteiger partial charge is 0.421 e. The summed E-state index contributed by atoms with van der Waals surface area (Å²) in [5.74, 6) is -4.16. The molecular weight excluding hydrogens is 446 g/mol. The summed E-state index contributed by atoms with van der Waals surface area (Å²) in [6.45, 7) is -0.131. The molecule has 0 radical (unpaired) electrons. The zero-order chi connectivity index (χ0) is 25.1. The Hall–Kier alpha value is -4.25. The molecule has 0 aromatic heterocycles. The molecule has 0 saturated carbocycles. The maximum absolute atomic E-state index is 13.4. The normalized spacial score (nSPS) is 12.1. The molecule has 2 rings (SSSR count). The standard InChI is InChI=1S/C23H25N3O8/c1-33-20(29)13-18(25-21(30)17(24)12-19(27)28)22(31)26(16-10-6-3-7-11-16)23(32)34-14-15-8-4-2-5-9-15/h2-11,17-18H,12-14,24H2,1H3,(H,25,30)(H,27,28)/t17-,18-/m0/s1. The van der Waals surface area contributed by atoms with E-state index in [1.807, 2.05) is 0 Å². The third-order valence-electron chi connectivity index (χ3n) is 4.57. The number of imide groups is 1. The van der Waals surface area contributed by atoms with Crippen molar-refractivity contribution >= 4 is 35.5 Å². The fourth-order valence-electron chi connectivity index (χ4n) is 2.85. The van der Waals surface area contributed by atoms with Gasteiger partial charge in [0.1, 0.15) is 12.6 Å². The summed E-state index contributed by atoms with van der Waals surface area (Å²) in [5, 5.41) is 11.1. The lowest BCUT2D eigenvalue weighted by atomic mass is 10.1. The van der Waals surface area contributed by atoms with Gasteiger partial charge in [0.15, 0.2) is 0 Å². The van der Waals surface area contributed by atoms with Gasteiger partial charge in [0.2, 0.25) is 5.91 Å². The van der Waals surface area contributed by atoms with Crippen LogP contribution in [0.5, 0.6) is 0 Å². The number of nitrogens with one attached hydrogen (secondary N) is 1. The number of hydrogen-bond donors (Lipinski definition) is 3. The predicted octanol–water partition coefficient (Wildman–Crippen LogP) is 1.21. The minimum Gasteiger partial charge on any atom is -0.481 e. The number of nitrogens with zero attached hydrogens (tertiary/aromatic N) is 1. The quantitative estimate of drug-likeness (QED) is 0.432. The Kier molecular flexibility index (Phi) is 9.72. The van der Waals surface area contributed by atoms with E-state index in [-0.39, 0.29) is 12.3 Å². The number of esters is 1. The molecule has 0 bridgehead atoms. The Balaban J connectivity index is 2.30. The summed E-state index contributed by atoms with van der Waals surface area (Å²) < 4.78 is 9.87. The molecule has 0 saturated heterocycles. The van der Waals surface area contributed by atoms with Crippen molar-refractivity contribution in [1.29, 1.82) is 0 Å². The van der Waals surface area contributed by atoms with Crippen LogP contribution in [-0.2, 0) is 35.3 Å². The SMILES string of the molecule is COC(=O)C[C@H](NC(=O)[C@@H](N)CC(=O)O)C(=O)N(C(=O)OCc1ccccc1)c1ccccc1. The molecule has 0 spiro atoms. The minimum atomic E-state index is -1.58. The molecule has 0 heterocycles. The van der Waals surface area contributed by atoms with Crippen molar-refractivity contribution in [2.75, 3.05) is 12.0 Å². The van der Waals surface area contributed by atoms with Crippen LogP contribution in [0.2, 0.25) is 0 Å². The van der Waals surface area contributed by atoms with Gasteiger partial charge in [-0.05, 0) is 17.7 Å². The number of aliphatic carboxylic acids is 1. The number of rotatable bonds is 10. The van der Waals surface area contributed by atoms with E-state index in [2.05, 4.69) is 10.1 Å². The molecule has 3 amide bonds. The molecular formula is C23H25N3O8. The van der Waals surface area contributed by atoms with Crippen LogP contribution in [0.15, 0.2) is 60.7 Å². The number of carboxylic acid groups (broad SMARTS) is 1. The van der Waals surface area contributed by atoms with Gasteiger partial charge in [0.05, 0.1) is 31.7 Å². The maximum atomic E-state index is 13.4. The maximum Gasteiger partial charge on any atom is 0.421 e. The first-order valence-electron chi connectivity index (χ1n) is 10.2. The van der Waals surface area contributed by atoms with Crippen molar-refractivity contribution in [2.24, 2.45) is 5.73 Å². The Bertz CT molecular complexity index is 1010. The van der Waals surface area contributed by atoms with Gasteiger partial charge in [0, 0.05) is 0 Å². The summed E-state index contributed by atoms with van der Waals surface area (Å²) in [4.78, 5) is 62.1. The average Bonchev–Trinajstić information content (AvgIpc) is 2.83. The summed E-state index contributed by atoms with van der Waals surface area (Å²) in [7, 11) is 1.09. The molecule has 11 heteroatoms. The fraction of sp³-hybridized carbons (Fsp3) is 0.261. The van der Waals surface area contributed by atoms with Crippen LogP contribution in [0.1, 0.15) is 18.4 Å². The highest BCUT2D eigenvalue weighted by atomic mass is 16.6. The highest BCUT2D eigenvalue weighted by Crippen LogP contribution is 2.18. The number of amides is 3. The monoisotopic (exact) mass is 471 g/mol. The number of carbonyl (C=O) groups excluding carboxylic acids is 4. The lowest BCUT2D eigenvalue weighted by Crippen LogP contribution is -2.55. The number of methoxy groups -OCH3 is 1. The van der Waals surface area contributed by atoms with E-state index in [0.29, 0.717) is 10.5 Å². The van der Waals surface area contributed by atoms with Crippen molar-refractivity contribution in [2.45, 2.75) is 31.5 Å². The molecule has 0 aliphatic carbocycles. The van der Waals surface area contributed by atoms with Gasteiger partial charge in [0.25, 0.3) is 5.91 Å². The summed E-state index contributed by atoms with van der Waals surface area (Å²) in [6, 6.07) is 13.5. The molecule has 2 aromatic carbocycles. The number of nitrogens with two attached hydrogens (primary N) is 1. The second kappa shape index (κ2) is 12.7. The van der Waals surface area contributed by atoms with Gasteiger partial charge >= 0.3 is 18.0 Å². The second-order valence-electron chi connectivity index (χ2n) is 7.10. The van der Waals surface area contributed by atoms with Crippen LogP contribution in [0, 0.1) is 0 Å². The third kappa shape index (κ3) is 7.71. The van der Waals surface area contributed by atoms with Crippen LogP contribution < -0.4 is 16.0 Å². The molecule has 2 atom stereocenters. The topological polar surface area (TPSA) is 165 Å². The van der Waals surface area contributed by atoms with Gasteiger partial charge in [-0.15, -0.1) is 0 Å². The van der Waals surface area contributed by atoms with Crippen LogP contribution in [-0.4, -0.2) is 54.1 Å². The third-order valence-corrected chi connectivity index (χ3v) is 4.57. The first-order valence-corrected chi connectivity index (χ1v) is 10.2. The van der Waals surface area contributed by atoms with E-state index in [1.54, 1.807) is 48.5 Å². The molecule has 2 aromatic rings. The Morgan fingerprint density at radius 2 is 1.56 bits per heavy atom. The first kappa shape index (κ1) is 26.0. The number of ether oxygens (including phenoxy) is 2. The number of anilines is 1. The number of hydrogen-bond acceptors (Lipinski definition) is 8. The fourth-order valence-corrected chi connectivity index (χ4v) is 2.85. The van der Waals surface area contributed by atoms with Gasteiger partial charge in [-0.3, -0.25) is 19.2 Å². The van der Waals surface area contributed by atoms with Crippen molar-refractivity contribution in [1.82, 2.24) is 5.32 Å². The lowest BCUT2D eigenvalue weighted by Gasteiger charge is -2.26. The summed E-state index contributed by atoms with van der Waals surface area (Å²) in [5.41, 5.74) is 6.37. The molecule has 180 valence electrons. The number of para-hydroxylation sites is 1. The highest BCUT2D eigenvalue weighted by Gasteiger charge is 2.35. The lowest BCUT2D eigenvalue weighted by molar-refractivity contribution is -0.144. The van der Waals surface area contributed by atoms with Crippen molar-refractivity contribution < 1.29 is 38.6 Å². The van der Waals surface area contributed by atoms with Gasteiger partial charge < -0.3 is 25.6 Å². The van der Waals surface area contributed by atoms with Crippen LogP contribution in [0.3, 0.4) is 0 Å². The molecule has 0 aliphatic heterocycles. The molecule has 0 unspecified atom stereocenters. The zero-order valence-corrected chi connectivity index (χ0v) is 18.4. The Labute approximate surface area is 195 Å². The van der Waals surface area contributed by atoms with E-state index in [9.17, 15) is 24.0 Å². The van der Waals surface area contributed by atoms with Gasteiger partial charge in [-0.2, -0.15) is 0 Å². The summed E-state index contributed by atoms with van der Waals surface area (Å²) >= 11 is 0. The Morgan fingerprint density at radius 1 is 0.971 bits per heavy atom. The van der Waals surface area contributed by atoms with Crippen molar-refractivity contribution in [3.8, 4) is 0 Å². The van der Waals surface area contributed by atoms with Gasteiger partial charge in [-0.1, -0.05) is 48.5 Å². The summed E-state index contributed by atoms with van der Waals surface area (Å²) in [6.07, 6.45) is -2.37. The van der Waals surface area contributed by atoms with E-state index >= 15 is 0 Å². The first-order chi connectivity index (χ1) is 16.2. The predicted molar refractivity (Wildman–Crippen MR) is 119 cm³/mol. The Morgan fingerprint density at radius 3 is 2.12 bits per heavy atom. The van der Waals surface area contributed by atoms with Gasteiger partial charge in [-0.25, -0.2) is 9.69 Å². The average molecular weight is 471 g/mol. The minimum absolute atomic E-state index is 0.129. The molecule has 34 heavy (non-hydrogen) atoms. The van der Waals surface area contributed by atoms with Crippen LogP contribution in [0.25, 0.3) is 0 Å². The van der Waals surface area contributed by atoms with Crippen molar-refractivity contribution in [3.63, 3.8) is 0 Å². The number of benzene rings is 2. The number of carbonyl (C=O) groups is 5. The number of carboxylic acids is 1. The molecule has 11 nitrogen and oxygen atoms in total. The van der Waals surface area contributed by atoms with Crippen LogP contribution >= 0.6 is 0 Å². The van der Waals surface area contributed by atoms with E-state index in [4.69, 9.17) is 15.6 Å². The largest absolute Gasteiger partial charge is 0.481 e. The zero-order valence-electron chi connectivity index (χ0n) is 18.4. The second-order valence-corrected chi connectivity index (χ2v) is 7.10. The van der Waals surface area contributed by atoms with Crippen molar-refractivity contribution in [3.05, 3.63) is 66.2 Å². The van der Waals surface area contributed by atoms with E-state index in [0.717, 1.165) is 7.11 Å².